The Morgan fingerprint density at radius 2 is 2.00 bits per heavy atom. The van der Waals surface area contributed by atoms with E-state index in [9.17, 15) is 0 Å². The Labute approximate surface area is 106 Å². The molecule has 0 bridgehead atoms. The molecule has 68 valence electrons. The molecular formula is C9H5Br3S. The summed E-state index contributed by atoms with van der Waals surface area (Å²) in [6.45, 7) is 0. The van der Waals surface area contributed by atoms with Crippen LogP contribution in [0, 0.1) is 0 Å². The summed E-state index contributed by atoms with van der Waals surface area (Å²) in [7, 11) is 0. The van der Waals surface area contributed by atoms with Crippen LogP contribution in [0.3, 0.4) is 0 Å². The van der Waals surface area contributed by atoms with Gasteiger partial charge in [0.15, 0.2) is 0 Å². The standard InChI is InChI=1S/C9H5Br3S/c10-4-7-8(12)5-2-1-3-6(11)9(5)13-7/h1-3H,4H2. The molecule has 0 fully saturated rings. The molecule has 2 rings (SSSR count). The third-order valence-corrected chi connectivity index (χ3v) is 6.06. The summed E-state index contributed by atoms with van der Waals surface area (Å²) in [6, 6.07) is 6.26. The average Bonchev–Trinajstić information content (AvgIpc) is 2.45. The highest BCUT2D eigenvalue weighted by atomic mass is 79.9. The summed E-state index contributed by atoms with van der Waals surface area (Å²) >= 11 is 12.4. The quantitative estimate of drug-likeness (QED) is 0.583. The highest BCUT2D eigenvalue weighted by Crippen LogP contribution is 2.40. The van der Waals surface area contributed by atoms with Gasteiger partial charge in [0.1, 0.15) is 0 Å². The fraction of sp³-hybridized carbons (Fsp3) is 0.111. The second-order valence-electron chi connectivity index (χ2n) is 2.59. The zero-order valence-electron chi connectivity index (χ0n) is 6.48. The maximum absolute atomic E-state index is 3.61. The number of alkyl halides is 1. The van der Waals surface area contributed by atoms with E-state index in [1.165, 1.54) is 23.9 Å². The Morgan fingerprint density at radius 1 is 1.23 bits per heavy atom. The third-order valence-electron chi connectivity index (χ3n) is 1.79. The normalized spacial score (nSPS) is 11.0. The second kappa shape index (κ2) is 4.01. The molecule has 1 aromatic carbocycles. The predicted molar refractivity (Wildman–Crippen MR) is 69.9 cm³/mol. The molecule has 0 aliphatic heterocycles. The van der Waals surface area contributed by atoms with Gasteiger partial charge < -0.3 is 0 Å². The third kappa shape index (κ3) is 1.74. The summed E-state index contributed by atoms with van der Waals surface area (Å²) in [5.41, 5.74) is 0. The molecule has 0 unspecified atom stereocenters. The summed E-state index contributed by atoms with van der Waals surface area (Å²) in [5, 5.41) is 2.19. The van der Waals surface area contributed by atoms with Gasteiger partial charge in [-0.25, -0.2) is 0 Å². The van der Waals surface area contributed by atoms with E-state index in [1.54, 1.807) is 0 Å². The lowest BCUT2D eigenvalue weighted by atomic mass is 10.2. The molecule has 4 heteroatoms. The summed E-state index contributed by atoms with van der Waals surface area (Å²) in [6.07, 6.45) is 0. The van der Waals surface area contributed by atoms with Crippen molar-refractivity contribution in [2.45, 2.75) is 5.33 Å². The van der Waals surface area contributed by atoms with Crippen LogP contribution < -0.4 is 0 Å². The van der Waals surface area contributed by atoms with Crippen molar-refractivity contribution in [3.05, 3.63) is 32.0 Å². The molecular weight excluding hydrogens is 380 g/mol. The molecule has 0 spiro atoms. The molecule has 13 heavy (non-hydrogen) atoms. The van der Waals surface area contributed by atoms with E-state index in [1.807, 2.05) is 11.3 Å². The van der Waals surface area contributed by atoms with E-state index in [2.05, 4.69) is 66.0 Å². The average molecular weight is 385 g/mol. The number of thiophene rings is 1. The summed E-state index contributed by atoms with van der Waals surface area (Å²) < 4.78 is 3.69. The van der Waals surface area contributed by atoms with Crippen LogP contribution in [0.15, 0.2) is 27.1 Å². The van der Waals surface area contributed by atoms with Crippen LogP contribution in [-0.4, -0.2) is 0 Å². The van der Waals surface area contributed by atoms with Gasteiger partial charge in [-0.15, -0.1) is 11.3 Å². The first-order chi connectivity index (χ1) is 6.24. The predicted octanol–water partition coefficient (Wildman–Crippen LogP) is 5.32. The molecule has 2 aromatic rings. The fourth-order valence-electron chi connectivity index (χ4n) is 1.19. The zero-order chi connectivity index (χ0) is 9.42. The minimum Gasteiger partial charge on any atom is -0.137 e. The molecule has 0 aliphatic rings. The van der Waals surface area contributed by atoms with E-state index in [4.69, 9.17) is 0 Å². The van der Waals surface area contributed by atoms with Gasteiger partial charge >= 0.3 is 0 Å². The molecule has 0 saturated carbocycles. The maximum atomic E-state index is 3.61. The van der Waals surface area contributed by atoms with Crippen LogP contribution in [-0.2, 0) is 5.33 Å². The Balaban J connectivity index is 2.83. The number of fused-ring (bicyclic) bond motifs is 1. The molecule has 0 aliphatic carbocycles. The first-order valence-electron chi connectivity index (χ1n) is 3.65. The van der Waals surface area contributed by atoms with Crippen LogP contribution >= 0.6 is 59.1 Å². The van der Waals surface area contributed by atoms with Crippen molar-refractivity contribution in [2.24, 2.45) is 0 Å². The molecule has 0 amide bonds. The van der Waals surface area contributed by atoms with Crippen LogP contribution in [0.1, 0.15) is 4.88 Å². The topological polar surface area (TPSA) is 0 Å². The van der Waals surface area contributed by atoms with Gasteiger partial charge in [0, 0.05) is 29.2 Å². The smallest absolute Gasteiger partial charge is 0.0499 e. The Morgan fingerprint density at radius 3 is 2.62 bits per heavy atom. The lowest BCUT2D eigenvalue weighted by Crippen LogP contribution is -1.68. The van der Waals surface area contributed by atoms with Crippen LogP contribution in [0.25, 0.3) is 10.1 Å². The SMILES string of the molecule is BrCc1sc2c(Br)cccc2c1Br. The monoisotopic (exact) mass is 382 g/mol. The minimum atomic E-state index is 0.902. The van der Waals surface area contributed by atoms with Gasteiger partial charge in [0.25, 0.3) is 0 Å². The molecule has 0 nitrogen and oxygen atoms in total. The lowest BCUT2D eigenvalue weighted by Gasteiger charge is -1.91. The lowest BCUT2D eigenvalue weighted by molar-refractivity contribution is 1.56. The Bertz CT molecular complexity index is 447. The van der Waals surface area contributed by atoms with Crippen LogP contribution in [0.4, 0.5) is 0 Å². The number of halogens is 3. The van der Waals surface area contributed by atoms with Gasteiger partial charge in [-0.05, 0) is 37.9 Å². The minimum absolute atomic E-state index is 0.902. The first kappa shape index (κ1) is 10.1. The number of benzene rings is 1. The van der Waals surface area contributed by atoms with Gasteiger partial charge in [-0.3, -0.25) is 0 Å². The van der Waals surface area contributed by atoms with Gasteiger partial charge in [0.05, 0.1) is 0 Å². The molecule has 0 N–H and O–H groups in total. The molecule has 1 heterocycles. The van der Waals surface area contributed by atoms with Crippen molar-refractivity contribution in [1.29, 1.82) is 0 Å². The number of rotatable bonds is 1. The number of hydrogen-bond acceptors (Lipinski definition) is 1. The fourth-order valence-corrected chi connectivity index (χ4v) is 4.59. The number of hydrogen-bond donors (Lipinski definition) is 0. The molecule has 0 atom stereocenters. The van der Waals surface area contributed by atoms with E-state index in [-0.39, 0.29) is 0 Å². The summed E-state index contributed by atoms with van der Waals surface area (Å²) in [4.78, 5) is 1.34. The Kier molecular flexibility index (Phi) is 3.13. The molecule has 0 saturated heterocycles. The van der Waals surface area contributed by atoms with Gasteiger partial charge in [0.2, 0.25) is 0 Å². The largest absolute Gasteiger partial charge is 0.137 e. The van der Waals surface area contributed by atoms with Crippen molar-refractivity contribution in [3.8, 4) is 0 Å². The van der Waals surface area contributed by atoms with Gasteiger partial charge in [-0.2, -0.15) is 0 Å². The highest BCUT2D eigenvalue weighted by molar-refractivity contribution is 9.11. The molecule has 0 radical (unpaired) electrons. The van der Waals surface area contributed by atoms with Crippen LogP contribution in [0.5, 0.6) is 0 Å². The summed E-state index contributed by atoms with van der Waals surface area (Å²) in [5.74, 6) is 0. The first-order valence-corrected chi connectivity index (χ1v) is 7.18. The van der Waals surface area contributed by atoms with Crippen molar-refractivity contribution in [2.75, 3.05) is 0 Å². The van der Waals surface area contributed by atoms with Crippen molar-refractivity contribution in [3.63, 3.8) is 0 Å². The van der Waals surface area contributed by atoms with Crippen LogP contribution in [0.2, 0.25) is 0 Å². The zero-order valence-corrected chi connectivity index (χ0v) is 12.1. The van der Waals surface area contributed by atoms with E-state index in [0.717, 1.165) is 5.33 Å². The highest BCUT2D eigenvalue weighted by Gasteiger charge is 2.09. The van der Waals surface area contributed by atoms with Gasteiger partial charge in [-0.1, -0.05) is 28.1 Å². The van der Waals surface area contributed by atoms with E-state index >= 15 is 0 Å². The van der Waals surface area contributed by atoms with Crippen molar-refractivity contribution < 1.29 is 0 Å². The second-order valence-corrected chi connectivity index (χ2v) is 5.90. The molecule has 1 aromatic heterocycles. The Hall–Kier alpha value is 0.620. The van der Waals surface area contributed by atoms with E-state index < -0.39 is 0 Å². The van der Waals surface area contributed by atoms with Crippen molar-refractivity contribution in [1.82, 2.24) is 0 Å². The van der Waals surface area contributed by atoms with E-state index in [0.29, 0.717) is 0 Å². The van der Waals surface area contributed by atoms with Crippen molar-refractivity contribution >= 4 is 69.2 Å². The maximum Gasteiger partial charge on any atom is 0.0499 e.